The van der Waals surface area contributed by atoms with Gasteiger partial charge in [-0.05, 0) is 30.9 Å². The lowest BCUT2D eigenvalue weighted by Crippen LogP contribution is -2.27. The largest absolute Gasteiger partial charge is 0.481 e. The van der Waals surface area contributed by atoms with E-state index in [2.05, 4.69) is 0 Å². The maximum atomic E-state index is 11.2. The van der Waals surface area contributed by atoms with Crippen molar-refractivity contribution in [2.45, 2.75) is 33.8 Å². The van der Waals surface area contributed by atoms with Crippen LogP contribution >= 0.6 is 0 Å². The highest BCUT2D eigenvalue weighted by atomic mass is 16.4. The molecule has 0 amide bonds. The van der Waals surface area contributed by atoms with E-state index in [0.29, 0.717) is 5.56 Å². The lowest BCUT2D eigenvalue weighted by molar-refractivity contribution is -0.148. The predicted octanol–water partition coefficient (Wildman–Crippen LogP) is 2.69. The van der Waals surface area contributed by atoms with Gasteiger partial charge in [0, 0.05) is 0 Å². The maximum absolute atomic E-state index is 11.2. The average Bonchev–Trinajstić information content (AvgIpc) is 2.20. The van der Waals surface area contributed by atoms with Crippen LogP contribution in [-0.2, 0) is 4.79 Å². The Morgan fingerprint density at radius 1 is 1.24 bits per heavy atom. The highest BCUT2D eigenvalue weighted by Crippen LogP contribution is 2.30. The summed E-state index contributed by atoms with van der Waals surface area (Å²) in [5.74, 6) is -1.83. The van der Waals surface area contributed by atoms with Crippen LogP contribution in [0.3, 0.4) is 0 Å². The van der Waals surface area contributed by atoms with Crippen LogP contribution in [-0.4, -0.2) is 16.2 Å². The van der Waals surface area contributed by atoms with Crippen molar-refractivity contribution in [3.63, 3.8) is 0 Å². The van der Waals surface area contributed by atoms with Crippen molar-refractivity contribution in [2.24, 2.45) is 11.8 Å². The third-order valence-electron chi connectivity index (χ3n) is 3.10. The summed E-state index contributed by atoms with van der Waals surface area (Å²) in [6, 6.07) is 5.72. The summed E-state index contributed by atoms with van der Waals surface area (Å²) < 4.78 is 0. The molecule has 0 fully saturated rings. The van der Waals surface area contributed by atoms with Gasteiger partial charge in [-0.2, -0.15) is 0 Å². The summed E-state index contributed by atoms with van der Waals surface area (Å²) in [6.45, 7) is 7.44. The molecule has 1 rings (SSSR count). The number of carbonyl (C=O) groups is 1. The average molecular weight is 236 g/mol. The Morgan fingerprint density at radius 2 is 1.82 bits per heavy atom. The molecule has 3 nitrogen and oxygen atoms in total. The Balaban J connectivity index is 3.13. The molecule has 0 aliphatic heterocycles. The van der Waals surface area contributed by atoms with Gasteiger partial charge in [-0.3, -0.25) is 4.79 Å². The molecule has 0 radical (unpaired) electrons. The lowest BCUT2D eigenvalue weighted by Gasteiger charge is -2.24. The normalized spacial score (nSPS) is 14.7. The molecule has 2 unspecified atom stereocenters. The van der Waals surface area contributed by atoms with Crippen molar-refractivity contribution < 1.29 is 15.0 Å². The first kappa shape index (κ1) is 13.7. The second-order valence-electron chi connectivity index (χ2n) is 4.91. The molecule has 94 valence electrons. The van der Waals surface area contributed by atoms with Gasteiger partial charge in [0.05, 0.1) is 12.0 Å². The fourth-order valence-electron chi connectivity index (χ4n) is 2.06. The standard InChI is InChI=1S/C14H20O3/c1-8(2)12(14(16)17)13(15)11-7-9(3)5-6-10(11)4/h5-8,12-13,15H,1-4H3,(H,16,17). The number of aliphatic carboxylic acids is 1. The van der Waals surface area contributed by atoms with E-state index in [1.165, 1.54) is 0 Å². The van der Waals surface area contributed by atoms with E-state index in [0.717, 1.165) is 11.1 Å². The van der Waals surface area contributed by atoms with Crippen LogP contribution < -0.4 is 0 Å². The Hall–Kier alpha value is -1.35. The smallest absolute Gasteiger partial charge is 0.309 e. The van der Waals surface area contributed by atoms with Crippen LogP contribution in [0.5, 0.6) is 0 Å². The second kappa shape index (κ2) is 5.32. The van der Waals surface area contributed by atoms with Crippen LogP contribution in [0.25, 0.3) is 0 Å². The van der Waals surface area contributed by atoms with E-state index in [9.17, 15) is 15.0 Å². The zero-order valence-electron chi connectivity index (χ0n) is 10.8. The van der Waals surface area contributed by atoms with Gasteiger partial charge >= 0.3 is 5.97 Å². The SMILES string of the molecule is Cc1ccc(C)c(C(O)C(C(=O)O)C(C)C)c1. The topological polar surface area (TPSA) is 57.5 Å². The van der Waals surface area contributed by atoms with E-state index >= 15 is 0 Å². The number of carboxylic acids is 1. The maximum Gasteiger partial charge on any atom is 0.309 e. The molecule has 0 aliphatic rings. The van der Waals surface area contributed by atoms with Gasteiger partial charge < -0.3 is 10.2 Å². The molecule has 0 bridgehead atoms. The number of aliphatic hydroxyl groups excluding tert-OH is 1. The van der Waals surface area contributed by atoms with Gasteiger partial charge in [0.2, 0.25) is 0 Å². The molecular weight excluding hydrogens is 216 g/mol. The van der Waals surface area contributed by atoms with E-state index in [1.807, 2.05) is 45.9 Å². The zero-order chi connectivity index (χ0) is 13.2. The number of carboxylic acid groups (broad SMARTS) is 1. The van der Waals surface area contributed by atoms with Crippen LogP contribution in [0.2, 0.25) is 0 Å². The predicted molar refractivity (Wildman–Crippen MR) is 66.8 cm³/mol. The van der Waals surface area contributed by atoms with Crippen LogP contribution in [0.1, 0.15) is 36.6 Å². The fourth-order valence-corrected chi connectivity index (χ4v) is 2.06. The first-order valence-corrected chi connectivity index (χ1v) is 5.82. The minimum absolute atomic E-state index is 0.109. The summed E-state index contributed by atoms with van der Waals surface area (Å²) in [5.41, 5.74) is 2.67. The fraction of sp³-hybridized carbons (Fsp3) is 0.500. The molecule has 2 atom stereocenters. The Labute approximate surface area is 102 Å². The molecule has 0 aromatic heterocycles. The quantitative estimate of drug-likeness (QED) is 0.845. The summed E-state index contributed by atoms with van der Waals surface area (Å²) >= 11 is 0. The van der Waals surface area contributed by atoms with Crippen molar-refractivity contribution in [3.05, 3.63) is 34.9 Å². The molecule has 3 heteroatoms. The van der Waals surface area contributed by atoms with Crippen molar-refractivity contribution in [3.8, 4) is 0 Å². The third-order valence-corrected chi connectivity index (χ3v) is 3.10. The van der Waals surface area contributed by atoms with Crippen LogP contribution in [0.4, 0.5) is 0 Å². The molecule has 0 saturated heterocycles. The van der Waals surface area contributed by atoms with Gasteiger partial charge in [-0.15, -0.1) is 0 Å². The van der Waals surface area contributed by atoms with Crippen molar-refractivity contribution >= 4 is 5.97 Å². The molecule has 0 aliphatic carbocycles. The monoisotopic (exact) mass is 236 g/mol. The van der Waals surface area contributed by atoms with Gasteiger partial charge in [0.25, 0.3) is 0 Å². The molecule has 0 heterocycles. The van der Waals surface area contributed by atoms with Crippen molar-refractivity contribution in [1.29, 1.82) is 0 Å². The Morgan fingerprint density at radius 3 is 2.29 bits per heavy atom. The van der Waals surface area contributed by atoms with Crippen LogP contribution in [0, 0.1) is 25.7 Å². The highest BCUT2D eigenvalue weighted by molar-refractivity contribution is 5.71. The molecule has 0 saturated carbocycles. The van der Waals surface area contributed by atoms with Crippen molar-refractivity contribution in [2.75, 3.05) is 0 Å². The first-order chi connectivity index (χ1) is 7.84. The van der Waals surface area contributed by atoms with E-state index in [-0.39, 0.29) is 5.92 Å². The number of aryl methyl sites for hydroxylation is 2. The van der Waals surface area contributed by atoms with Gasteiger partial charge in [-0.1, -0.05) is 37.6 Å². The molecular formula is C14H20O3. The number of hydrogen-bond donors (Lipinski definition) is 2. The number of rotatable bonds is 4. The van der Waals surface area contributed by atoms with E-state index in [4.69, 9.17) is 0 Å². The minimum atomic E-state index is -0.951. The van der Waals surface area contributed by atoms with Crippen LogP contribution in [0.15, 0.2) is 18.2 Å². The molecule has 2 N–H and O–H groups in total. The summed E-state index contributed by atoms with van der Waals surface area (Å²) in [6.07, 6.45) is -0.951. The summed E-state index contributed by atoms with van der Waals surface area (Å²) in [7, 11) is 0. The number of benzene rings is 1. The second-order valence-corrected chi connectivity index (χ2v) is 4.91. The van der Waals surface area contributed by atoms with E-state index < -0.39 is 18.0 Å². The lowest BCUT2D eigenvalue weighted by atomic mass is 9.84. The minimum Gasteiger partial charge on any atom is -0.481 e. The van der Waals surface area contributed by atoms with Gasteiger partial charge in [0.15, 0.2) is 0 Å². The van der Waals surface area contributed by atoms with Crippen molar-refractivity contribution in [1.82, 2.24) is 0 Å². The summed E-state index contributed by atoms with van der Waals surface area (Å²) in [5, 5.41) is 19.4. The van der Waals surface area contributed by atoms with Gasteiger partial charge in [-0.25, -0.2) is 0 Å². The van der Waals surface area contributed by atoms with E-state index in [1.54, 1.807) is 0 Å². The molecule has 0 spiro atoms. The number of hydrogen-bond acceptors (Lipinski definition) is 2. The molecule has 17 heavy (non-hydrogen) atoms. The molecule has 1 aromatic carbocycles. The summed E-state index contributed by atoms with van der Waals surface area (Å²) in [4.78, 5) is 11.2. The highest BCUT2D eigenvalue weighted by Gasteiger charge is 2.31. The zero-order valence-corrected chi connectivity index (χ0v) is 10.8. The number of aliphatic hydroxyl groups is 1. The Bertz CT molecular complexity index is 410. The Kier molecular flexibility index (Phi) is 4.29. The third kappa shape index (κ3) is 3.07. The van der Waals surface area contributed by atoms with Gasteiger partial charge in [0.1, 0.15) is 0 Å². The first-order valence-electron chi connectivity index (χ1n) is 5.82. The molecule has 1 aromatic rings.